The van der Waals surface area contributed by atoms with Crippen molar-refractivity contribution in [3.8, 4) is 11.4 Å². The van der Waals surface area contributed by atoms with Crippen molar-refractivity contribution in [3.05, 3.63) is 45.3 Å². The fourth-order valence-electron chi connectivity index (χ4n) is 3.51. The lowest BCUT2D eigenvalue weighted by Crippen LogP contribution is -2.04. The molecule has 5 nitrogen and oxygen atoms in total. The second-order valence-electron chi connectivity index (χ2n) is 6.35. The Hall–Kier alpha value is -2.05. The van der Waals surface area contributed by atoms with E-state index in [0.29, 0.717) is 5.65 Å². The SMILES string of the molecule is CNc1c(Br)cnc2nc(-c3cc(C)n(C4=CCCC=C4Cl)c3C)[nH]c12. The summed E-state index contributed by atoms with van der Waals surface area (Å²) in [6, 6.07) is 2.14. The standard InChI is InChI=1S/C19H19BrClN5/c1-10-8-12(11(2)26(10)15-7-5-4-6-14(15)21)18-24-17-16(22-3)13(20)9-23-19(17)25-18/h6-9H,4-5H2,1-3H3,(H2,22,23,24,25). The van der Waals surface area contributed by atoms with E-state index in [9.17, 15) is 0 Å². The number of aromatic nitrogens is 4. The number of pyridine rings is 1. The number of aryl methyl sites for hydroxylation is 1. The van der Waals surface area contributed by atoms with Gasteiger partial charge < -0.3 is 14.9 Å². The molecule has 0 aromatic carbocycles. The zero-order chi connectivity index (χ0) is 18.4. The Kier molecular flexibility index (Phi) is 4.40. The van der Waals surface area contributed by atoms with Gasteiger partial charge in [-0.15, -0.1) is 0 Å². The molecule has 0 unspecified atom stereocenters. The summed E-state index contributed by atoms with van der Waals surface area (Å²) in [6.07, 6.45) is 8.04. The van der Waals surface area contributed by atoms with E-state index in [4.69, 9.17) is 16.6 Å². The van der Waals surface area contributed by atoms with Crippen molar-refractivity contribution in [3.63, 3.8) is 0 Å². The van der Waals surface area contributed by atoms with Crippen LogP contribution in [0.2, 0.25) is 0 Å². The number of allylic oxidation sites excluding steroid dienone is 4. The maximum Gasteiger partial charge on any atom is 0.180 e. The van der Waals surface area contributed by atoms with E-state index in [2.05, 4.69) is 67.8 Å². The van der Waals surface area contributed by atoms with Crippen molar-refractivity contribution >= 4 is 50.1 Å². The molecular weight excluding hydrogens is 414 g/mol. The van der Waals surface area contributed by atoms with Crippen LogP contribution in [0.3, 0.4) is 0 Å². The molecule has 0 saturated carbocycles. The number of halogens is 2. The first kappa shape index (κ1) is 17.4. The fraction of sp³-hybridized carbons (Fsp3) is 0.263. The molecule has 0 aliphatic heterocycles. The van der Waals surface area contributed by atoms with E-state index < -0.39 is 0 Å². The van der Waals surface area contributed by atoms with Crippen molar-refractivity contribution in [2.45, 2.75) is 26.7 Å². The third-order valence-corrected chi connectivity index (χ3v) is 5.67. The van der Waals surface area contributed by atoms with Gasteiger partial charge in [-0.3, -0.25) is 0 Å². The molecule has 0 atom stereocenters. The normalized spacial score (nSPS) is 14.5. The first-order valence-electron chi connectivity index (χ1n) is 8.49. The lowest BCUT2D eigenvalue weighted by Gasteiger charge is -2.16. The van der Waals surface area contributed by atoms with Crippen LogP contribution >= 0.6 is 27.5 Å². The first-order valence-corrected chi connectivity index (χ1v) is 9.66. The highest BCUT2D eigenvalue weighted by Crippen LogP contribution is 2.35. The Morgan fingerprint density at radius 2 is 2.04 bits per heavy atom. The van der Waals surface area contributed by atoms with Gasteiger partial charge in [0.1, 0.15) is 11.3 Å². The van der Waals surface area contributed by atoms with Crippen LogP contribution in [0.5, 0.6) is 0 Å². The van der Waals surface area contributed by atoms with Crippen molar-refractivity contribution < 1.29 is 0 Å². The lowest BCUT2D eigenvalue weighted by atomic mass is 10.1. The van der Waals surface area contributed by atoms with Crippen LogP contribution in [-0.4, -0.2) is 26.6 Å². The topological polar surface area (TPSA) is 58.5 Å². The predicted octanol–water partition coefficient (Wildman–Crippen LogP) is 5.60. The van der Waals surface area contributed by atoms with Gasteiger partial charge in [0.2, 0.25) is 0 Å². The van der Waals surface area contributed by atoms with Gasteiger partial charge in [0.25, 0.3) is 0 Å². The van der Waals surface area contributed by atoms with Gasteiger partial charge in [-0.05, 0) is 48.7 Å². The highest BCUT2D eigenvalue weighted by molar-refractivity contribution is 9.10. The van der Waals surface area contributed by atoms with Gasteiger partial charge in [-0.25, -0.2) is 9.97 Å². The Morgan fingerprint density at radius 1 is 1.27 bits per heavy atom. The molecule has 3 aromatic rings. The van der Waals surface area contributed by atoms with Gasteiger partial charge in [-0.2, -0.15) is 0 Å². The molecule has 0 spiro atoms. The molecule has 1 aliphatic carbocycles. The second-order valence-corrected chi connectivity index (χ2v) is 7.62. The third kappa shape index (κ3) is 2.68. The van der Waals surface area contributed by atoms with Crippen LogP contribution < -0.4 is 5.32 Å². The van der Waals surface area contributed by atoms with Crippen LogP contribution in [0, 0.1) is 13.8 Å². The molecule has 0 radical (unpaired) electrons. The minimum Gasteiger partial charge on any atom is -0.385 e. The van der Waals surface area contributed by atoms with Gasteiger partial charge in [0.15, 0.2) is 5.65 Å². The monoisotopic (exact) mass is 431 g/mol. The van der Waals surface area contributed by atoms with Crippen LogP contribution in [0.15, 0.2) is 33.9 Å². The number of aromatic amines is 1. The number of anilines is 1. The zero-order valence-electron chi connectivity index (χ0n) is 14.8. The van der Waals surface area contributed by atoms with E-state index >= 15 is 0 Å². The number of imidazole rings is 1. The average molecular weight is 433 g/mol. The summed E-state index contributed by atoms with van der Waals surface area (Å²) in [4.78, 5) is 12.5. The summed E-state index contributed by atoms with van der Waals surface area (Å²) < 4.78 is 3.10. The minimum atomic E-state index is 0.687. The third-order valence-electron chi connectivity index (χ3n) is 4.72. The van der Waals surface area contributed by atoms with E-state index in [1.807, 2.05) is 7.05 Å². The zero-order valence-corrected chi connectivity index (χ0v) is 17.2. The van der Waals surface area contributed by atoms with E-state index in [1.165, 1.54) is 0 Å². The summed E-state index contributed by atoms with van der Waals surface area (Å²) in [5.74, 6) is 0.804. The molecule has 134 valence electrons. The Labute approximate surface area is 165 Å². The van der Waals surface area contributed by atoms with Crippen LogP contribution in [0.25, 0.3) is 28.2 Å². The fourth-order valence-corrected chi connectivity index (χ4v) is 4.28. The Morgan fingerprint density at radius 3 is 2.77 bits per heavy atom. The van der Waals surface area contributed by atoms with Gasteiger partial charge in [0, 0.05) is 30.2 Å². The largest absolute Gasteiger partial charge is 0.385 e. The molecule has 3 heterocycles. The highest BCUT2D eigenvalue weighted by Gasteiger charge is 2.20. The van der Waals surface area contributed by atoms with Gasteiger partial charge >= 0.3 is 0 Å². The first-order chi connectivity index (χ1) is 12.5. The summed E-state index contributed by atoms with van der Waals surface area (Å²) >= 11 is 9.99. The van der Waals surface area contributed by atoms with Crippen LogP contribution in [0.4, 0.5) is 5.69 Å². The van der Waals surface area contributed by atoms with E-state index in [1.54, 1.807) is 6.20 Å². The number of nitrogens with one attached hydrogen (secondary N) is 2. The number of hydrogen-bond acceptors (Lipinski definition) is 3. The molecule has 0 fully saturated rings. The quantitative estimate of drug-likeness (QED) is 0.566. The molecule has 0 saturated heterocycles. The number of H-pyrrole nitrogens is 1. The number of rotatable bonds is 3. The Balaban J connectivity index is 1.88. The van der Waals surface area contributed by atoms with Crippen molar-refractivity contribution in [2.75, 3.05) is 12.4 Å². The summed E-state index contributed by atoms with van der Waals surface area (Å²) in [7, 11) is 1.88. The molecular formula is C19H19BrClN5. The molecule has 0 amide bonds. The molecule has 4 rings (SSSR count). The molecule has 2 N–H and O–H groups in total. The number of nitrogens with zero attached hydrogens (tertiary/aromatic N) is 3. The van der Waals surface area contributed by atoms with E-state index in [0.717, 1.165) is 62.0 Å². The summed E-state index contributed by atoms with van der Waals surface area (Å²) in [6.45, 7) is 4.18. The second kappa shape index (κ2) is 6.59. The number of fused-ring (bicyclic) bond motifs is 1. The maximum atomic E-state index is 6.46. The summed E-state index contributed by atoms with van der Waals surface area (Å²) in [5, 5.41) is 4.00. The molecule has 3 aromatic heterocycles. The van der Waals surface area contributed by atoms with Crippen LogP contribution in [-0.2, 0) is 0 Å². The van der Waals surface area contributed by atoms with E-state index in [-0.39, 0.29) is 0 Å². The minimum absolute atomic E-state index is 0.687. The molecule has 7 heteroatoms. The average Bonchev–Trinajstić information content (AvgIpc) is 3.16. The van der Waals surface area contributed by atoms with Crippen molar-refractivity contribution in [2.24, 2.45) is 0 Å². The van der Waals surface area contributed by atoms with Gasteiger partial charge in [0.05, 0.1) is 20.9 Å². The smallest absolute Gasteiger partial charge is 0.180 e. The van der Waals surface area contributed by atoms with Crippen molar-refractivity contribution in [1.29, 1.82) is 0 Å². The lowest BCUT2D eigenvalue weighted by molar-refractivity contribution is 0.950. The van der Waals surface area contributed by atoms with Crippen LogP contribution in [0.1, 0.15) is 24.2 Å². The summed E-state index contributed by atoms with van der Waals surface area (Å²) in [5.41, 5.74) is 6.85. The maximum absolute atomic E-state index is 6.46. The molecule has 26 heavy (non-hydrogen) atoms. The highest BCUT2D eigenvalue weighted by atomic mass is 79.9. The predicted molar refractivity (Wildman–Crippen MR) is 111 cm³/mol. The Bertz CT molecular complexity index is 1070. The van der Waals surface area contributed by atoms with Crippen molar-refractivity contribution in [1.82, 2.24) is 19.5 Å². The molecule has 1 aliphatic rings. The molecule has 0 bridgehead atoms. The van der Waals surface area contributed by atoms with Gasteiger partial charge in [-0.1, -0.05) is 23.8 Å². The number of hydrogen-bond donors (Lipinski definition) is 2.